The molecule has 0 N–H and O–H groups in total. The summed E-state index contributed by atoms with van der Waals surface area (Å²) in [5, 5.41) is 9.47. The van der Waals surface area contributed by atoms with Crippen molar-refractivity contribution in [1.82, 2.24) is 0 Å². The van der Waals surface area contributed by atoms with Crippen LogP contribution in [0.25, 0.3) is 6.08 Å². The van der Waals surface area contributed by atoms with Crippen molar-refractivity contribution in [2.75, 3.05) is 11.4 Å². The number of halogens is 1. The average molecular weight is 481 g/mol. The van der Waals surface area contributed by atoms with Crippen LogP contribution in [0.1, 0.15) is 18.1 Å². The Kier molecular flexibility index (Phi) is 7.09. The quantitative estimate of drug-likeness (QED) is 0.400. The molecule has 0 spiro atoms. The Morgan fingerprint density at radius 1 is 1.00 bits per heavy atom. The fourth-order valence-electron chi connectivity index (χ4n) is 3.03. The van der Waals surface area contributed by atoms with Crippen molar-refractivity contribution in [1.29, 1.82) is 5.26 Å². The van der Waals surface area contributed by atoms with Gasteiger partial charge in [0, 0.05) is 23.2 Å². The van der Waals surface area contributed by atoms with Crippen LogP contribution in [-0.2, 0) is 16.4 Å². The van der Waals surface area contributed by atoms with Gasteiger partial charge in [-0.05, 0) is 60.5 Å². The normalized spacial score (nSPS) is 11.7. The maximum absolute atomic E-state index is 12.8. The van der Waals surface area contributed by atoms with Crippen LogP contribution in [-0.4, -0.2) is 15.0 Å². The Hall–Kier alpha value is -2.88. The molecule has 0 atom stereocenters. The van der Waals surface area contributed by atoms with Crippen molar-refractivity contribution in [2.45, 2.75) is 18.4 Å². The van der Waals surface area contributed by atoms with Gasteiger partial charge in [-0.3, -0.25) is 0 Å². The molecule has 0 fully saturated rings. The summed E-state index contributed by atoms with van der Waals surface area (Å²) in [7, 11) is -3.87. The molecule has 0 saturated heterocycles. The van der Waals surface area contributed by atoms with Crippen LogP contribution in [0.4, 0.5) is 5.69 Å². The van der Waals surface area contributed by atoms with Gasteiger partial charge in [-0.2, -0.15) is 5.26 Å². The SMILES string of the molecule is CCN(Cc1ccccc1)c1ccc(/C=C(/C#N)S(=O)(=O)c2ccc(Br)cc2)cc1. The maximum Gasteiger partial charge on any atom is 0.216 e. The van der Waals surface area contributed by atoms with Crippen LogP contribution in [0.2, 0.25) is 0 Å². The first kappa shape index (κ1) is 21.8. The summed E-state index contributed by atoms with van der Waals surface area (Å²) in [6.45, 7) is 3.72. The van der Waals surface area contributed by atoms with Crippen molar-refractivity contribution in [3.05, 3.63) is 99.4 Å². The van der Waals surface area contributed by atoms with E-state index < -0.39 is 9.84 Å². The van der Waals surface area contributed by atoms with E-state index in [1.165, 1.54) is 23.8 Å². The van der Waals surface area contributed by atoms with E-state index in [9.17, 15) is 13.7 Å². The molecule has 3 aromatic rings. The third-order valence-corrected chi connectivity index (χ3v) is 6.89. The van der Waals surface area contributed by atoms with E-state index in [-0.39, 0.29) is 9.80 Å². The van der Waals surface area contributed by atoms with Gasteiger partial charge in [-0.1, -0.05) is 58.4 Å². The number of hydrogen-bond donors (Lipinski definition) is 0. The highest BCUT2D eigenvalue weighted by atomic mass is 79.9. The summed E-state index contributed by atoms with van der Waals surface area (Å²) >= 11 is 3.29. The van der Waals surface area contributed by atoms with E-state index in [0.29, 0.717) is 5.56 Å². The molecule has 0 amide bonds. The topological polar surface area (TPSA) is 61.2 Å². The Labute approximate surface area is 186 Å². The molecule has 4 nitrogen and oxygen atoms in total. The highest BCUT2D eigenvalue weighted by molar-refractivity contribution is 9.10. The standard InChI is InChI=1S/C24H21BrN2O2S/c1-2-27(18-20-6-4-3-5-7-20)22-12-8-19(9-13-22)16-24(17-26)30(28,29)23-14-10-21(25)11-15-23/h3-16H,2,18H2,1H3/b24-16-. The first-order chi connectivity index (χ1) is 14.4. The van der Waals surface area contributed by atoms with Crippen molar-refractivity contribution in [2.24, 2.45) is 0 Å². The van der Waals surface area contributed by atoms with E-state index in [0.717, 1.165) is 23.2 Å². The van der Waals surface area contributed by atoms with Crippen LogP contribution in [0.3, 0.4) is 0 Å². The smallest absolute Gasteiger partial charge is 0.216 e. The third-order valence-electron chi connectivity index (χ3n) is 4.68. The van der Waals surface area contributed by atoms with E-state index in [1.54, 1.807) is 12.1 Å². The predicted octanol–water partition coefficient (Wildman–Crippen LogP) is 5.81. The highest BCUT2D eigenvalue weighted by Gasteiger charge is 2.20. The summed E-state index contributed by atoms with van der Waals surface area (Å²) in [5.41, 5.74) is 2.91. The van der Waals surface area contributed by atoms with Gasteiger partial charge < -0.3 is 4.90 Å². The Bertz CT molecular complexity index is 1160. The number of nitrogens with zero attached hydrogens (tertiary/aromatic N) is 2. The number of sulfone groups is 1. The minimum atomic E-state index is -3.87. The second-order valence-electron chi connectivity index (χ2n) is 6.67. The number of benzene rings is 3. The maximum atomic E-state index is 12.8. The lowest BCUT2D eigenvalue weighted by Gasteiger charge is -2.23. The van der Waals surface area contributed by atoms with Gasteiger partial charge in [0.2, 0.25) is 9.84 Å². The van der Waals surface area contributed by atoms with Crippen molar-refractivity contribution >= 4 is 37.5 Å². The first-order valence-corrected chi connectivity index (χ1v) is 11.7. The van der Waals surface area contributed by atoms with E-state index >= 15 is 0 Å². The molecule has 0 heterocycles. The fraction of sp³-hybridized carbons (Fsp3) is 0.125. The monoisotopic (exact) mass is 480 g/mol. The lowest BCUT2D eigenvalue weighted by Crippen LogP contribution is -2.21. The number of hydrogen-bond acceptors (Lipinski definition) is 4. The second kappa shape index (κ2) is 9.75. The van der Waals surface area contributed by atoms with Gasteiger partial charge in [0.05, 0.1) is 4.90 Å². The first-order valence-electron chi connectivity index (χ1n) is 9.45. The summed E-state index contributed by atoms with van der Waals surface area (Å²) in [6.07, 6.45) is 1.41. The van der Waals surface area contributed by atoms with Gasteiger partial charge >= 0.3 is 0 Å². The van der Waals surface area contributed by atoms with E-state index in [4.69, 9.17) is 0 Å². The molecule has 0 aromatic heterocycles. The van der Waals surface area contributed by atoms with Crippen LogP contribution in [0.5, 0.6) is 0 Å². The second-order valence-corrected chi connectivity index (χ2v) is 9.50. The minimum absolute atomic E-state index is 0.0927. The van der Waals surface area contributed by atoms with Crippen molar-refractivity contribution < 1.29 is 8.42 Å². The molecule has 6 heteroatoms. The lowest BCUT2D eigenvalue weighted by molar-refractivity contribution is 0.603. The Balaban J connectivity index is 1.84. The van der Waals surface area contributed by atoms with Gasteiger partial charge in [0.1, 0.15) is 11.0 Å². The third kappa shape index (κ3) is 5.18. The van der Waals surface area contributed by atoms with Gasteiger partial charge in [0.15, 0.2) is 0 Å². The van der Waals surface area contributed by atoms with Crippen LogP contribution >= 0.6 is 15.9 Å². The Morgan fingerprint density at radius 2 is 1.63 bits per heavy atom. The van der Waals surface area contributed by atoms with E-state index in [1.807, 2.05) is 48.5 Å². The van der Waals surface area contributed by atoms with Crippen molar-refractivity contribution in [3.63, 3.8) is 0 Å². The molecule has 3 rings (SSSR count). The summed E-state index contributed by atoms with van der Waals surface area (Å²) in [5.74, 6) is 0. The molecule has 0 bridgehead atoms. The minimum Gasteiger partial charge on any atom is -0.367 e. The molecule has 0 radical (unpaired) electrons. The molecule has 0 unspecified atom stereocenters. The van der Waals surface area contributed by atoms with Crippen LogP contribution in [0.15, 0.2) is 93.1 Å². The summed E-state index contributed by atoms with van der Waals surface area (Å²) in [4.78, 5) is 2.04. The average Bonchev–Trinajstić information content (AvgIpc) is 2.77. The molecule has 0 aliphatic heterocycles. The van der Waals surface area contributed by atoms with Crippen molar-refractivity contribution in [3.8, 4) is 6.07 Å². The van der Waals surface area contributed by atoms with Gasteiger partial charge in [0.25, 0.3) is 0 Å². The fourth-order valence-corrected chi connectivity index (χ4v) is 4.46. The van der Waals surface area contributed by atoms with Gasteiger partial charge in [-0.25, -0.2) is 8.42 Å². The predicted molar refractivity (Wildman–Crippen MR) is 125 cm³/mol. The molecule has 30 heavy (non-hydrogen) atoms. The number of rotatable bonds is 7. The molecular formula is C24H21BrN2O2S. The number of anilines is 1. The zero-order valence-electron chi connectivity index (χ0n) is 16.5. The van der Waals surface area contributed by atoms with Crippen LogP contribution in [0, 0.1) is 11.3 Å². The molecule has 0 aliphatic carbocycles. The summed E-state index contributed by atoms with van der Waals surface area (Å²) < 4.78 is 26.4. The molecule has 152 valence electrons. The molecular weight excluding hydrogens is 460 g/mol. The largest absolute Gasteiger partial charge is 0.367 e. The van der Waals surface area contributed by atoms with Crippen LogP contribution < -0.4 is 4.90 Å². The molecule has 0 saturated carbocycles. The number of allylic oxidation sites excluding steroid dienone is 1. The molecule has 3 aromatic carbocycles. The highest BCUT2D eigenvalue weighted by Crippen LogP contribution is 2.24. The zero-order valence-corrected chi connectivity index (χ0v) is 18.9. The lowest BCUT2D eigenvalue weighted by atomic mass is 10.1. The van der Waals surface area contributed by atoms with E-state index in [2.05, 4.69) is 39.9 Å². The summed E-state index contributed by atoms with van der Waals surface area (Å²) in [6, 6.07) is 25.8. The number of nitriles is 1. The zero-order chi connectivity index (χ0) is 21.6. The van der Waals surface area contributed by atoms with Gasteiger partial charge in [-0.15, -0.1) is 0 Å². The Morgan fingerprint density at radius 3 is 2.20 bits per heavy atom. The molecule has 0 aliphatic rings.